The van der Waals surface area contributed by atoms with Crippen molar-refractivity contribution in [3.05, 3.63) is 57.7 Å². The number of halogens is 1. The van der Waals surface area contributed by atoms with E-state index in [4.69, 9.17) is 14.2 Å². The van der Waals surface area contributed by atoms with Crippen molar-refractivity contribution in [2.24, 2.45) is 0 Å². The van der Waals surface area contributed by atoms with Crippen LogP contribution in [0.25, 0.3) is 0 Å². The fourth-order valence-corrected chi connectivity index (χ4v) is 4.08. The van der Waals surface area contributed by atoms with Crippen LogP contribution in [0.15, 0.2) is 41.0 Å². The van der Waals surface area contributed by atoms with E-state index >= 15 is 0 Å². The zero-order valence-electron chi connectivity index (χ0n) is 17.3. The second-order valence-electron chi connectivity index (χ2n) is 7.21. The lowest BCUT2D eigenvalue weighted by Crippen LogP contribution is -2.05. The highest BCUT2D eigenvalue weighted by molar-refractivity contribution is 9.10. The molecule has 30 heavy (non-hydrogen) atoms. The third kappa shape index (κ3) is 4.21. The molecule has 0 bridgehead atoms. The van der Waals surface area contributed by atoms with Gasteiger partial charge >= 0.3 is 6.01 Å². The molecule has 0 aliphatic heterocycles. The molecule has 3 aromatic rings. The van der Waals surface area contributed by atoms with Crippen LogP contribution >= 0.6 is 15.9 Å². The molecule has 1 aliphatic rings. The minimum Gasteiger partial charge on any atom is -0.493 e. The zero-order valence-corrected chi connectivity index (χ0v) is 18.9. The summed E-state index contributed by atoms with van der Waals surface area (Å²) in [6.45, 7) is 1.97. The summed E-state index contributed by atoms with van der Waals surface area (Å²) in [7, 11) is 3.25. The monoisotopic (exact) mass is 469 g/mol. The van der Waals surface area contributed by atoms with Crippen LogP contribution in [0.4, 0.5) is 11.5 Å². The highest BCUT2D eigenvalue weighted by Crippen LogP contribution is 2.36. The van der Waals surface area contributed by atoms with E-state index < -0.39 is 0 Å². The summed E-state index contributed by atoms with van der Waals surface area (Å²) < 4.78 is 17.7. The third-order valence-corrected chi connectivity index (χ3v) is 5.78. The van der Waals surface area contributed by atoms with Gasteiger partial charge in [0.25, 0.3) is 0 Å². The number of benzene rings is 2. The number of hydrogen-bond acceptors (Lipinski definition) is 6. The summed E-state index contributed by atoms with van der Waals surface area (Å²) in [5, 5.41) is 3.31. The molecule has 0 fully saturated rings. The maximum Gasteiger partial charge on any atom is 0.323 e. The van der Waals surface area contributed by atoms with Gasteiger partial charge in [-0.2, -0.15) is 4.98 Å². The standard InChI is InChI=1S/C23H24BrN3O3/c1-14-11-16(12-20(28-2)21(14)29-3)26-22-18(24)13-25-23(27-22)30-19-10-6-8-15-7-4-5-9-17(15)19/h6,8,10-13H,4-5,7,9H2,1-3H3,(H,25,26,27). The molecule has 0 amide bonds. The Labute approximate surface area is 184 Å². The smallest absolute Gasteiger partial charge is 0.323 e. The number of methoxy groups -OCH3 is 2. The molecule has 0 radical (unpaired) electrons. The molecule has 0 saturated heterocycles. The van der Waals surface area contributed by atoms with Crippen LogP contribution in [0.2, 0.25) is 0 Å². The van der Waals surface area contributed by atoms with E-state index in [-0.39, 0.29) is 0 Å². The number of aryl methyl sites for hydroxylation is 2. The zero-order chi connectivity index (χ0) is 21.1. The molecule has 1 N–H and O–H groups in total. The quantitative estimate of drug-likeness (QED) is 0.478. The number of nitrogens with zero attached hydrogens (tertiary/aromatic N) is 2. The summed E-state index contributed by atoms with van der Waals surface area (Å²) in [5.74, 6) is 2.80. The van der Waals surface area contributed by atoms with Crippen LogP contribution in [0.1, 0.15) is 29.5 Å². The molecule has 0 unspecified atom stereocenters. The van der Waals surface area contributed by atoms with Crippen LogP contribution in [-0.2, 0) is 12.8 Å². The van der Waals surface area contributed by atoms with E-state index in [0.29, 0.717) is 23.3 Å². The van der Waals surface area contributed by atoms with Gasteiger partial charge in [0, 0.05) is 11.8 Å². The van der Waals surface area contributed by atoms with Crippen LogP contribution in [0, 0.1) is 6.92 Å². The first-order valence-electron chi connectivity index (χ1n) is 9.90. The molecule has 0 atom stereocenters. The maximum atomic E-state index is 6.09. The first kappa shape index (κ1) is 20.5. The second-order valence-corrected chi connectivity index (χ2v) is 8.06. The minimum atomic E-state index is 0.303. The van der Waals surface area contributed by atoms with Crippen LogP contribution in [0.3, 0.4) is 0 Å². The number of aromatic nitrogens is 2. The predicted molar refractivity (Wildman–Crippen MR) is 120 cm³/mol. The number of anilines is 2. The molecule has 156 valence electrons. The fourth-order valence-electron chi connectivity index (χ4n) is 3.79. The Morgan fingerprint density at radius 2 is 1.87 bits per heavy atom. The van der Waals surface area contributed by atoms with Gasteiger partial charge in [-0.3, -0.25) is 0 Å². The number of nitrogens with one attached hydrogen (secondary N) is 1. The van der Waals surface area contributed by atoms with E-state index in [1.165, 1.54) is 24.0 Å². The van der Waals surface area contributed by atoms with Gasteiger partial charge in [-0.1, -0.05) is 12.1 Å². The average molecular weight is 470 g/mol. The first-order valence-corrected chi connectivity index (χ1v) is 10.7. The van der Waals surface area contributed by atoms with Crippen molar-refractivity contribution < 1.29 is 14.2 Å². The molecule has 6 nitrogen and oxygen atoms in total. The molecule has 1 aromatic heterocycles. The van der Waals surface area contributed by atoms with Gasteiger partial charge in [0.15, 0.2) is 17.3 Å². The van der Waals surface area contributed by atoms with Crippen LogP contribution in [0.5, 0.6) is 23.3 Å². The van der Waals surface area contributed by atoms with E-state index in [1.807, 2.05) is 31.2 Å². The summed E-state index contributed by atoms with van der Waals surface area (Å²) in [6.07, 6.45) is 6.22. The van der Waals surface area contributed by atoms with Gasteiger partial charge in [-0.05, 0) is 77.4 Å². The number of fused-ring (bicyclic) bond motifs is 1. The number of ether oxygens (including phenoxy) is 3. The SMILES string of the molecule is COc1cc(Nc2nc(Oc3cccc4c3CCCC4)ncc2Br)cc(C)c1OC. The molecule has 0 spiro atoms. The maximum absolute atomic E-state index is 6.09. The Hall–Kier alpha value is -2.80. The summed E-state index contributed by atoms with van der Waals surface area (Å²) in [5.41, 5.74) is 4.40. The lowest BCUT2D eigenvalue weighted by molar-refractivity contribution is 0.353. The highest BCUT2D eigenvalue weighted by atomic mass is 79.9. The summed E-state index contributed by atoms with van der Waals surface area (Å²) in [6, 6.07) is 10.3. The topological polar surface area (TPSA) is 65.5 Å². The van der Waals surface area contributed by atoms with Gasteiger partial charge in [0.2, 0.25) is 0 Å². The Morgan fingerprint density at radius 1 is 1.03 bits per heavy atom. The molecule has 1 aliphatic carbocycles. The van der Waals surface area contributed by atoms with Gasteiger partial charge in [0.1, 0.15) is 5.75 Å². The average Bonchev–Trinajstić information content (AvgIpc) is 2.76. The minimum absolute atomic E-state index is 0.303. The third-order valence-electron chi connectivity index (χ3n) is 5.20. The molecule has 4 rings (SSSR count). The first-order chi connectivity index (χ1) is 14.6. The largest absolute Gasteiger partial charge is 0.493 e. The second kappa shape index (κ2) is 8.92. The Kier molecular flexibility index (Phi) is 6.08. The Balaban J connectivity index is 1.61. The highest BCUT2D eigenvalue weighted by Gasteiger charge is 2.16. The fraction of sp³-hybridized carbons (Fsp3) is 0.304. The van der Waals surface area contributed by atoms with Crippen molar-refractivity contribution in [2.45, 2.75) is 32.6 Å². The van der Waals surface area contributed by atoms with E-state index in [2.05, 4.69) is 37.3 Å². The Bertz CT molecular complexity index is 1070. The molecule has 0 saturated carbocycles. The summed E-state index contributed by atoms with van der Waals surface area (Å²) >= 11 is 3.52. The van der Waals surface area contributed by atoms with Crippen molar-refractivity contribution in [1.29, 1.82) is 0 Å². The van der Waals surface area contributed by atoms with Crippen molar-refractivity contribution in [3.63, 3.8) is 0 Å². The molecule has 1 heterocycles. The van der Waals surface area contributed by atoms with Crippen molar-refractivity contribution >= 4 is 27.4 Å². The van der Waals surface area contributed by atoms with E-state index in [9.17, 15) is 0 Å². The predicted octanol–water partition coefficient (Wildman–Crippen LogP) is 5.98. The normalized spacial score (nSPS) is 12.8. The molecular weight excluding hydrogens is 446 g/mol. The van der Waals surface area contributed by atoms with Gasteiger partial charge in [0.05, 0.1) is 24.9 Å². The summed E-state index contributed by atoms with van der Waals surface area (Å²) in [4.78, 5) is 8.91. The molecule has 2 aromatic carbocycles. The molecule has 7 heteroatoms. The Morgan fingerprint density at radius 3 is 2.67 bits per heavy atom. The molecular formula is C23H24BrN3O3. The van der Waals surface area contributed by atoms with Gasteiger partial charge < -0.3 is 19.5 Å². The number of rotatable bonds is 6. The van der Waals surface area contributed by atoms with Gasteiger partial charge in [-0.15, -0.1) is 0 Å². The van der Waals surface area contributed by atoms with E-state index in [1.54, 1.807) is 20.4 Å². The lowest BCUT2D eigenvalue weighted by atomic mass is 9.91. The van der Waals surface area contributed by atoms with Crippen molar-refractivity contribution in [2.75, 3.05) is 19.5 Å². The van der Waals surface area contributed by atoms with Crippen molar-refractivity contribution in [3.8, 4) is 23.3 Å². The lowest BCUT2D eigenvalue weighted by Gasteiger charge is -2.19. The van der Waals surface area contributed by atoms with Crippen LogP contribution in [-0.4, -0.2) is 24.2 Å². The number of hydrogen-bond donors (Lipinski definition) is 1. The van der Waals surface area contributed by atoms with E-state index in [0.717, 1.165) is 34.3 Å². The van der Waals surface area contributed by atoms with Gasteiger partial charge in [-0.25, -0.2) is 4.98 Å². The van der Waals surface area contributed by atoms with Crippen LogP contribution < -0.4 is 19.5 Å². The van der Waals surface area contributed by atoms with Crippen molar-refractivity contribution in [1.82, 2.24) is 9.97 Å².